The number of amides is 4. The third kappa shape index (κ3) is 4.06. The summed E-state index contributed by atoms with van der Waals surface area (Å²) >= 11 is 6.35. The number of benzene rings is 1. The van der Waals surface area contributed by atoms with Gasteiger partial charge in [-0.15, -0.1) is 6.58 Å². The predicted octanol–water partition coefficient (Wildman–Crippen LogP) is 2.60. The van der Waals surface area contributed by atoms with E-state index in [0.29, 0.717) is 27.6 Å². The number of hydrogen-bond acceptors (Lipinski definition) is 4. The summed E-state index contributed by atoms with van der Waals surface area (Å²) in [6, 6.07) is 9.49. The lowest BCUT2D eigenvalue weighted by Gasteiger charge is -2.33. The summed E-state index contributed by atoms with van der Waals surface area (Å²) in [5.74, 6) is -0.0279. The van der Waals surface area contributed by atoms with Gasteiger partial charge in [0, 0.05) is 11.6 Å². The van der Waals surface area contributed by atoms with Crippen molar-refractivity contribution in [3.8, 4) is 0 Å². The summed E-state index contributed by atoms with van der Waals surface area (Å²) < 4.78 is 5.20. The topological polar surface area (TPSA) is 94.9 Å². The quantitative estimate of drug-likeness (QED) is 0.647. The summed E-state index contributed by atoms with van der Waals surface area (Å²) in [5.41, 5.74) is 1.59. The minimum absolute atomic E-state index is 0.141. The Kier molecular flexibility index (Phi) is 5.81. The van der Waals surface area contributed by atoms with Crippen LogP contribution in [0.25, 0.3) is 0 Å². The molecule has 160 valence electrons. The summed E-state index contributed by atoms with van der Waals surface area (Å²) in [4.78, 5) is 41.4. The van der Waals surface area contributed by atoms with Gasteiger partial charge in [-0.05, 0) is 23.8 Å². The van der Waals surface area contributed by atoms with E-state index in [0.717, 1.165) is 0 Å². The first-order valence-corrected chi connectivity index (χ1v) is 10.1. The molecular weight excluding hydrogens is 420 g/mol. The number of furan rings is 1. The SMILES string of the molecule is C=CCN1C(=O)NC(c2ccccc2Cl)C2=C1CN(CC(=O)NCc1ccco1)C2=O. The summed E-state index contributed by atoms with van der Waals surface area (Å²) in [7, 11) is 0. The second kappa shape index (κ2) is 8.69. The van der Waals surface area contributed by atoms with Crippen molar-refractivity contribution in [1.82, 2.24) is 20.4 Å². The lowest BCUT2D eigenvalue weighted by molar-refractivity contribution is -0.132. The number of nitrogens with one attached hydrogen (secondary N) is 2. The Balaban J connectivity index is 1.57. The zero-order chi connectivity index (χ0) is 22.0. The molecule has 1 aromatic carbocycles. The highest BCUT2D eigenvalue weighted by Crippen LogP contribution is 2.38. The first-order chi connectivity index (χ1) is 15.0. The molecule has 8 nitrogen and oxygen atoms in total. The highest BCUT2D eigenvalue weighted by molar-refractivity contribution is 6.31. The van der Waals surface area contributed by atoms with Crippen LogP contribution in [0.1, 0.15) is 17.4 Å². The second-order valence-corrected chi connectivity index (χ2v) is 7.59. The molecular formula is C22H21ClN4O4. The molecule has 3 heterocycles. The molecule has 9 heteroatoms. The molecule has 1 aromatic heterocycles. The fraction of sp³-hybridized carbons (Fsp3) is 0.227. The van der Waals surface area contributed by atoms with E-state index in [1.165, 1.54) is 16.1 Å². The number of carbonyl (C=O) groups excluding carboxylic acids is 3. The van der Waals surface area contributed by atoms with E-state index < -0.39 is 6.04 Å². The molecule has 4 rings (SSSR count). The van der Waals surface area contributed by atoms with Gasteiger partial charge in [0.05, 0.1) is 36.7 Å². The fourth-order valence-corrected chi connectivity index (χ4v) is 4.01. The Morgan fingerprint density at radius 1 is 1.29 bits per heavy atom. The molecule has 0 spiro atoms. The highest BCUT2D eigenvalue weighted by Gasteiger charge is 2.44. The van der Waals surface area contributed by atoms with Crippen molar-refractivity contribution in [2.45, 2.75) is 12.6 Å². The van der Waals surface area contributed by atoms with Crippen LogP contribution in [0.4, 0.5) is 4.79 Å². The van der Waals surface area contributed by atoms with Crippen LogP contribution >= 0.6 is 11.6 Å². The minimum atomic E-state index is -0.694. The van der Waals surface area contributed by atoms with Crippen LogP contribution in [0.5, 0.6) is 0 Å². The summed E-state index contributed by atoms with van der Waals surface area (Å²) in [6.07, 6.45) is 3.11. The molecule has 4 amide bonds. The fourth-order valence-electron chi connectivity index (χ4n) is 3.77. The lowest BCUT2D eigenvalue weighted by Crippen LogP contribution is -2.47. The van der Waals surface area contributed by atoms with E-state index in [4.69, 9.17) is 16.0 Å². The summed E-state index contributed by atoms with van der Waals surface area (Å²) in [6.45, 7) is 4.17. The highest BCUT2D eigenvalue weighted by atomic mass is 35.5. The van der Waals surface area contributed by atoms with E-state index in [1.807, 2.05) is 0 Å². The van der Waals surface area contributed by atoms with Crippen LogP contribution in [0.3, 0.4) is 0 Å². The Hall–Kier alpha value is -3.52. The van der Waals surface area contributed by atoms with Crippen molar-refractivity contribution in [3.05, 3.63) is 82.9 Å². The largest absolute Gasteiger partial charge is 0.467 e. The average molecular weight is 441 g/mol. The first-order valence-electron chi connectivity index (χ1n) is 9.74. The van der Waals surface area contributed by atoms with Crippen LogP contribution in [0, 0.1) is 0 Å². The zero-order valence-electron chi connectivity index (χ0n) is 16.6. The number of nitrogens with zero attached hydrogens (tertiary/aromatic N) is 2. The summed E-state index contributed by atoms with van der Waals surface area (Å²) in [5, 5.41) is 6.04. The maximum Gasteiger partial charge on any atom is 0.322 e. The van der Waals surface area contributed by atoms with Crippen molar-refractivity contribution >= 4 is 29.4 Å². The molecule has 0 fully saturated rings. The van der Waals surface area contributed by atoms with Gasteiger partial charge < -0.3 is 20.0 Å². The Morgan fingerprint density at radius 3 is 2.81 bits per heavy atom. The van der Waals surface area contributed by atoms with Gasteiger partial charge in [0.25, 0.3) is 5.91 Å². The van der Waals surface area contributed by atoms with Gasteiger partial charge in [-0.2, -0.15) is 0 Å². The van der Waals surface area contributed by atoms with Crippen LogP contribution in [0.2, 0.25) is 5.02 Å². The molecule has 0 saturated carbocycles. The van der Waals surface area contributed by atoms with E-state index in [1.54, 1.807) is 42.5 Å². The molecule has 0 aliphatic carbocycles. The molecule has 2 aromatic rings. The molecule has 1 unspecified atom stereocenters. The minimum Gasteiger partial charge on any atom is -0.467 e. The Labute approximate surface area is 184 Å². The molecule has 2 N–H and O–H groups in total. The van der Waals surface area contributed by atoms with Gasteiger partial charge in [-0.3, -0.25) is 14.5 Å². The van der Waals surface area contributed by atoms with Gasteiger partial charge >= 0.3 is 6.03 Å². The van der Waals surface area contributed by atoms with Gasteiger partial charge in [-0.25, -0.2) is 4.79 Å². The number of carbonyl (C=O) groups is 3. The van der Waals surface area contributed by atoms with Crippen LogP contribution in [-0.2, 0) is 16.1 Å². The number of hydrogen-bond donors (Lipinski definition) is 2. The molecule has 0 saturated heterocycles. The van der Waals surface area contributed by atoms with Crippen LogP contribution in [0.15, 0.2) is 71.0 Å². The van der Waals surface area contributed by atoms with Gasteiger partial charge in [0.15, 0.2) is 0 Å². The molecule has 0 radical (unpaired) electrons. The number of rotatable bonds is 7. The first kappa shape index (κ1) is 20.7. The maximum atomic E-state index is 13.3. The second-order valence-electron chi connectivity index (χ2n) is 7.18. The smallest absolute Gasteiger partial charge is 0.322 e. The van der Waals surface area contributed by atoms with Gasteiger partial charge in [0.2, 0.25) is 5.91 Å². The molecule has 2 aliphatic rings. The van der Waals surface area contributed by atoms with E-state index >= 15 is 0 Å². The van der Waals surface area contributed by atoms with Crippen molar-refractivity contribution < 1.29 is 18.8 Å². The zero-order valence-corrected chi connectivity index (χ0v) is 17.4. The van der Waals surface area contributed by atoms with E-state index in [-0.39, 0.29) is 44.0 Å². The van der Waals surface area contributed by atoms with Crippen molar-refractivity contribution in [3.63, 3.8) is 0 Å². The van der Waals surface area contributed by atoms with Crippen molar-refractivity contribution in [2.75, 3.05) is 19.6 Å². The number of halogens is 1. The maximum absolute atomic E-state index is 13.3. The third-order valence-corrected chi connectivity index (χ3v) is 5.54. The molecule has 1 atom stereocenters. The normalized spacial score (nSPS) is 18.2. The van der Waals surface area contributed by atoms with Crippen molar-refractivity contribution in [1.29, 1.82) is 0 Å². The lowest BCUT2D eigenvalue weighted by atomic mass is 9.95. The van der Waals surface area contributed by atoms with Crippen LogP contribution in [-0.4, -0.2) is 47.3 Å². The van der Waals surface area contributed by atoms with Gasteiger partial charge in [-0.1, -0.05) is 35.9 Å². The molecule has 2 aliphatic heterocycles. The predicted molar refractivity (Wildman–Crippen MR) is 114 cm³/mol. The van der Waals surface area contributed by atoms with Crippen molar-refractivity contribution in [2.24, 2.45) is 0 Å². The molecule has 31 heavy (non-hydrogen) atoms. The monoisotopic (exact) mass is 440 g/mol. The van der Waals surface area contributed by atoms with Gasteiger partial charge in [0.1, 0.15) is 12.3 Å². The standard InChI is InChI=1S/C22H21ClN4O4/c1-2-9-27-17-12-26(13-18(28)24-11-14-6-5-10-31-14)21(29)19(17)20(25-22(27)30)15-7-3-4-8-16(15)23/h2-8,10,20H,1,9,11-13H2,(H,24,28)(H,25,30). The average Bonchev–Trinajstić information content (AvgIpc) is 3.38. The van der Waals surface area contributed by atoms with E-state index in [2.05, 4.69) is 17.2 Å². The molecule has 0 bridgehead atoms. The number of urea groups is 1. The van der Waals surface area contributed by atoms with Crippen LogP contribution < -0.4 is 10.6 Å². The Bertz CT molecular complexity index is 1060. The Morgan fingerprint density at radius 2 is 2.10 bits per heavy atom. The third-order valence-electron chi connectivity index (χ3n) is 5.20. The van der Waals surface area contributed by atoms with E-state index in [9.17, 15) is 14.4 Å².